The largest absolute Gasteiger partial charge is 0.497 e. The molecule has 0 spiro atoms. The van der Waals surface area contributed by atoms with E-state index in [2.05, 4.69) is 21.2 Å². The van der Waals surface area contributed by atoms with Gasteiger partial charge in [0.25, 0.3) is 5.91 Å². The highest BCUT2D eigenvalue weighted by Gasteiger charge is 2.15. The van der Waals surface area contributed by atoms with E-state index in [1.807, 2.05) is 0 Å². The van der Waals surface area contributed by atoms with Gasteiger partial charge in [0.2, 0.25) is 0 Å². The summed E-state index contributed by atoms with van der Waals surface area (Å²) in [4.78, 5) is 23.0. The van der Waals surface area contributed by atoms with E-state index in [1.54, 1.807) is 25.1 Å². The zero-order valence-electron chi connectivity index (χ0n) is 9.91. The summed E-state index contributed by atoms with van der Waals surface area (Å²) >= 11 is 3.29. The molecule has 92 valence electrons. The van der Waals surface area contributed by atoms with Crippen LogP contribution in [0.2, 0.25) is 0 Å². The van der Waals surface area contributed by atoms with Crippen molar-refractivity contribution in [3.8, 4) is 5.75 Å². The van der Waals surface area contributed by atoms with Gasteiger partial charge in [-0.25, -0.2) is 0 Å². The molecule has 0 fully saturated rings. The Bertz CT molecular complexity index is 445. The Balaban J connectivity index is 2.91. The molecule has 4 nitrogen and oxygen atoms in total. The van der Waals surface area contributed by atoms with Crippen molar-refractivity contribution < 1.29 is 14.3 Å². The van der Waals surface area contributed by atoms with E-state index in [9.17, 15) is 9.59 Å². The van der Waals surface area contributed by atoms with Crippen molar-refractivity contribution in [2.24, 2.45) is 0 Å². The van der Waals surface area contributed by atoms with Gasteiger partial charge < -0.3 is 10.1 Å². The van der Waals surface area contributed by atoms with Crippen molar-refractivity contribution in [2.75, 3.05) is 7.11 Å². The van der Waals surface area contributed by atoms with Crippen LogP contribution in [0.5, 0.6) is 5.75 Å². The van der Waals surface area contributed by atoms with Crippen molar-refractivity contribution in [3.63, 3.8) is 0 Å². The highest BCUT2D eigenvalue weighted by atomic mass is 79.9. The molecule has 0 radical (unpaired) electrons. The molecule has 0 heterocycles. The Morgan fingerprint density at radius 1 is 1.41 bits per heavy atom. The first kappa shape index (κ1) is 13.7. The van der Waals surface area contributed by atoms with Crippen LogP contribution < -0.4 is 10.1 Å². The van der Waals surface area contributed by atoms with Crippen LogP contribution in [-0.2, 0) is 4.79 Å². The summed E-state index contributed by atoms with van der Waals surface area (Å²) in [6, 6.07) is 4.59. The maximum Gasteiger partial charge on any atom is 0.253 e. The number of amides is 1. The summed E-state index contributed by atoms with van der Waals surface area (Å²) in [5.41, 5.74) is 0.442. The molecule has 1 amide bonds. The molecule has 1 aromatic rings. The van der Waals surface area contributed by atoms with Crippen LogP contribution >= 0.6 is 15.9 Å². The fourth-order valence-corrected chi connectivity index (χ4v) is 1.61. The molecule has 0 bridgehead atoms. The Kier molecular flexibility index (Phi) is 4.69. The number of hydrogen-bond donors (Lipinski definition) is 1. The van der Waals surface area contributed by atoms with Crippen molar-refractivity contribution in [3.05, 3.63) is 28.2 Å². The molecule has 0 saturated carbocycles. The third-order valence-electron chi connectivity index (χ3n) is 2.38. The summed E-state index contributed by atoms with van der Waals surface area (Å²) < 4.78 is 5.70. The van der Waals surface area contributed by atoms with E-state index in [0.717, 1.165) is 0 Å². The molecule has 1 N–H and O–H groups in total. The Labute approximate surface area is 108 Å². The highest BCUT2D eigenvalue weighted by molar-refractivity contribution is 9.10. The molecule has 0 saturated heterocycles. The minimum absolute atomic E-state index is 0.0858. The van der Waals surface area contributed by atoms with Crippen LogP contribution in [0.25, 0.3) is 0 Å². The number of rotatable bonds is 4. The number of ketones is 1. The molecule has 0 aliphatic rings. The van der Waals surface area contributed by atoms with E-state index < -0.39 is 6.04 Å². The molecule has 1 rings (SSSR count). The van der Waals surface area contributed by atoms with Gasteiger partial charge in [0.1, 0.15) is 5.75 Å². The number of methoxy groups -OCH3 is 1. The lowest BCUT2D eigenvalue weighted by Gasteiger charge is -2.12. The lowest BCUT2D eigenvalue weighted by atomic mass is 10.1. The summed E-state index contributed by atoms with van der Waals surface area (Å²) in [7, 11) is 1.53. The second kappa shape index (κ2) is 5.82. The van der Waals surface area contributed by atoms with Crippen LogP contribution in [0.3, 0.4) is 0 Å². The maximum absolute atomic E-state index is 11.9. The second-order valence-corrected chi connectivity index (χ2v) is 4.51. The standard InChI is InChI=1S/C12H14BrNO3/c1-7(8(2)15)14-12(16)10-6-9(17-3)4-5-11(10)13/h4-7H,1-3H3,(H,14,16). The van der Waals surface area contributed by atoms with Gasteiger partial charge in [-0.05, 0) is 48.0 Å². The first-order chi connectivity index (χ1) is 7.95. The van der Waals surface area contributed by atoms with Gasteiger partial charge >= 0.3 is 0 Å². The highest BCUT2D eigenvalue weighted by Crippen LogP contribution is 2.22. The van der Waals surface area contributed by atoms with Gasteiger partial charge in [-0.1, -0.05) is 0 Å². The molecule has 5 heteroatoms. The Hall–Kier alpha value is -1.36. The SMILES string of the molecule is COc1ccc(Br)c(C(=O)NC(C)C(C)=O)c1. The first-order valence-corrected chi connectivity index (χ1v) is 5.90. The zero-order valence-corrected chi connectivity index (χ0v) is 11.5. The number of halogens is 1. The number of benzene rings is 1. The quantitative estimate of drug-likeness (QED) is 0.927. The number of nitrogens with one attached hydrogen (secondary N) is 1. The van der Waals surface area contributed by atoms with E-state index >= 15 is 0 Å². The van der Waals surface area contributed by atoms with Gasteiger partial charge in [0.05, 0.1) is 18.7 Å². The first-order valence-electron chi connectivity index (χ1n) is 5.10. The van der Waals surface area contributed by atoms with Crippen LogP contribution in [0, 0.1) is 0 Å². The number of ether oxygens (including phenoxy) is 1. The minimum Gasteiger partial charge on any atom is -0.497 e. The Morgan fingerprint density at radius 3 is 2.59 bits per heavy atom. The van der Waals surface area contributed by atoms with Gasteiger partial charge in [-0.3, -0.25) is 9.59 Å². The average molecular weight is 300 g/mol. The van der Waals surface area contributed by atoms with Crippen molar-refractivity contribution >= 4 is 27.6 Å². The van der Waals surface area contributed by atoms with Gasteiger partial charge in [0.15, 0.2) is 5.78 Å². The van der Waals surface area contributed by atoms with Crippen LogP contribution in [0.15, 0.2) is 22.7 Å². The normalized spacial score (nSPS) is 11.8. The molecular weight excluding hydrogens is 286 g/mol. The van der Waals surface area contributed by atoms with E-state index in [1.165, 1.54) is 14.0 Å². The number of hydrogen-bond acceptors (Lipinski definition) is 3. The lowest BCUT2D eigenvalue weighted by molar-refractivity contribution is -0.118. The number of carbonyl (C=O) groups is 2. The topological polar surface area (TPSA) is 55.4 Å². The summed E-state index contributed by atoms with van der Waals surface area (Å²) in [6.07, 6.45) is 0. The smallest absolute Gasteiger partial charge is 0.253 e. The molecular formula is C12H14BrNO3. The van der Waals surface area contributed by atoms with Crippen molar-refractivity contribution in [1.29, 1.82) is 0 Å². The zero-order chi connectivity index (χ0) is 13.0. The maximum atomic E-state index is 11.9. The van der Waals surface area contributed by atoms with E-state index in [4.69, 9.17) is 4.74 Å². The minimum atomic E-state index is -0.499. The predicted octanol–water partition coefficient (Wildman–Crippen LogP) is 2.17. The molecule has 17 heavy (non-hydrogen) atoms. The fourth-order valence-electron chi connectivity index (χ4n) is 1.18. The van der Waals surface area contributed by atoms with Crippen molar-refractivity contribution in [2.45, 2.75) is 19.9 Å². The molecule has 1 aromatic carbocycles. The number of carbonyl (C=O) groups excluding carboxylic acids is 2. The monoisotopic (exact) mass is 299 g/mol. The fraction of sp³-hybridized carbons (Fsp3) is 0.333. The van der Waals surface area contributed by atoms with Gasteiger partial charge in [-0.2, -0.15) is 0 Å². The molecule has 0 aromatic heterocycles. The second-order valence-electron chi connectivity index (χ2n) is 3.65. The molecule has 0 aliphatic heterocycles. The third-order valence-corrected chi connectivity index (χ3v) is 3.07. The average Bonchev–Trinajstić information content (AvgIpc) is 2.29. The van der Waals surface area contributed by atoms with Crippen molar-refractivity contribution in [1.82, 2.24) is 5.32 Å². The van der Waals surface area contributed by atoms with E-state index in [-0.39, 0.29) is 11.7 Å². The van der Waals surface area contributed by atoms with Crippen LogP contribution in [0.1, 0.15) is 24.2 Å². The summed E-state index contributed by atoms with van der Waals surface area (Å²) in [5.74, 6) is 0.199. The molecule has 0 aliphatic carbocycles. The van der Waals surface area contributed by atoms with Crippen LogP contribution in [0.4, 0.5) is 0 Å². The summed E-state index contributed by atoms with van der Waals surface area (Å²) in [5, 5.41) is 2.61. The summed E-state index contributed by atoms with van der Waals surface area (Å²) in [6.45, 7) is 3.08. The Morgan fingerprint density at radius 2 is 2.06 bits per heavy atom. The molecule has 1 unspecified atom stereocenters. The van der Waals surface area contributed by atoms with Gasteiger partial charge in [0, 0.05) is 4.47 Å². The predicted molar refractivity (Wildman–Crippen MR) is 68.3 cm³/mol. The third kappa shape index (κ3) is 3.56. The van der Waals surface area contributed by atoms with Crippen LogP contribution in [-0.4, -0.2) is 24.8 Å². The van der Waals surface area contributed by atoms with E-state index in [0.29, 0.717) is 15.8 Å². The lowest BCUT2D eigenvalue weighted by Crippen LogP contribution is -2.37. The number of Topliss-reactive ketones (excluding diaryl/α,β-unsaturated/α-hetero) is 1. The molecule has 1 atom stereocenters. The van der Waals surface area contributed by atoms with Gasteiger partial charge in [-0.15, -0.1) is 0 Å².